The Morgan fingerprint density at radius 1 is 1.05 bits per heavy atom. The largest absolute Gasteiger partial charge is 0.356 e. The van der Waals surface area contributed by atoms with Crippen molar-refractivity contribution in [2.75, 3.05) is 31.1 Å². The molecule has 2 saturated heterocycles. The first-order chi connectivity index (χ1) is 10.9. The van der Waals surface area contributed by atoms with Crippen molar-refractivity contribution in [3.05, 3.63) is 23.9 Å². The van der Waals surface area contributed by atoms with Gasteiger partial charge in [0.05, 0.1) is 0 Å². The fourth-order valence-electron chi connectivity index (χ4n) is 4.11. The first-order valence-electron chi connectivity index (χ1n) is 9.34. The van der Waals surface area contributed by atoms with Crippen LogP contribution < -0.4 is 4.90 Å². The smallest absolute Gasteiger partial charge is 0.133 e. The van der Waals surface area contributed by atoms with Gasteiger partial charge in [0, 0.05) is 30.9 Å². The van der Waals surface area contributed by atoms with Gasteiger partial charge in [-0.15, -0.1) is 0 Å². The number of anilines is 1. The van der Waals surface area contributed by atoms with E-state index in [9.17, 15) is 0 Å². The number of hydrogen-bond acceptors (Lipinski definition) is 3. The van der Waals surface area contributed by atoms with Crippen molar-refractivity contribution in [3.8, 4) is 0 Å². The molecule has 2 aliphatic heterocycles. The summed E-state index contributed by atoms with van der Waals surface area (Å²) in [7, 11) is 0. The first kappa shape index (κ1) is 15.8. The molecule has 3 heteroatoms. The number of nitrogens with zero attached hydrogens (tertiary/aromatic N) is 3. The predicted octanol–water partition coefficient (Wildman–Crippen LogP) is 4.40. The van der Waals surface area contributed by atoms with Crippen molar-refractivity contribution in [1.82, 2.24) is 9.88 Å². The maximum absolute atomic E-state index is 4.81. The van der Waals surface area contributed by atoms with Crippen LogP contribution in [0.1, 0.15) is 69.9 Å². The van der Waals surface area contributed by atoms with Crippen molar-refractivity contribution in [2.45, 2.75) is 64.3 Å². The summed E-state index contributed by atoms with van der Waals surface area (Å²) in [4.78, 5) is 10.1. The molecule has 0 radical (unpaired) electrons. The molecule has 2 fully saturated rings. The second-order valence-corrected chi connectivity index (χ2v) is 6.87. The van der Waals surface area contributed by atoms with Crippen LogP contribution in [0.25, 0.3) is 0 Å². The molecule has 0 unspecified atom stereocenters. The Labute approximate surface area is 135 Å². The standard InChI is InChI=1S/C19H31N3/c1-2-13-21-14-8-5-11-18(21)17-10-9-12-20-19(17)22-15-6-3-4-7-16-22/h9-10,12,18H,2-8,11,13-16H2,1H3/t18-/m0/s1. The van der Waals surface area contributed by atoms with Crippen molar-refractivity contribution in [2.24, 2.45) is 0 Å². The van der Waals surface area contributed by atoms with Crippen molar-refractivity contribution in [3.63, 3.8) is 0 Å². The number of likely N-dealkylation sites (tertiary alicyclic amines) is 1. The lowest BCUT2D eigenvalue weighted by Crippen LogP contribution is -2.36. The van der Waals surface area contributed by atoms with Gasteiger partial charge >= 0.3 is 0 Å². The van der Waals surface area contributed by atoms with Gasteiger partial charge in [-0.1, -0.05) is 32.3 Å². The lowest BCUT2D eigenvalue weighted by atomic mass is 9.95. The molecule has 3 nitrogen and oxygen atoms in total. The minimum Gasteiger partial charge on any atom is -0.356 e. The molecular weight excluding hydrogens is 270 g/mol. The fourth-order valence-corrected chi connectivity index (χ4v) is 4.11. The van der Waals surface area contributed by atoms with Gasteiger partial charge in [-0.2, -0.15) is 0 Å². The highest BCUT2D eigenvalue weighted by molar-refractivity contribution is 5.48. The van der Waals surface area contributed by atoms with E-state index in [4.69, 9.17) is 4.98 Å². The van der Waals surface area contributed by atoms with Crippen LogP contribution >= 0.6 is 0 Å². The molecule has 0 aliphatic carbocycles. The summed E-state index contributed by atoms with van der Waals surface area (Å²) >= 11 is 0. The number of piperidine rings is 1. The van der Waals surface area contributed by atoms with E-state index < -0.39 is 0 Å². The quantitative estimate of drug-likeness (QED) is 0.821. The van der Waals surface area contributed by atoms with Crippen LogP contribution in [0.2, 0.25) is 0 Å². The van der Waals surface area contributed by atoms with Crippen LogP contribution in [-0.2, 0) is 0 Å². The molecule has 22 heavy (non-hydrogen) atoms. The molecule has 0 aromatic carbocycles. The van der Waals surface area contributed by atoms with Gasteiger partial charge < -0.3 is 4.90 Å². The van der Waals surface area contributed by atoms with Gasteiger partial charge in [0.15, 0.2) is 0 Å². The molecule has 0 spiro atoms. The second-order valence-electron chi connectivity index (χ2n) is 6.87. The minimum atomic E-state index is 0.584. The van der Waals surface area contributed by atoms with E-state index in [0.29, 0.717) is 6.04 Å². The molecule has 0 amide bonds. The van der Waals surface area contributed by atoms with E-state index in [-0.39, 0.29) is 0 Å². The first-order valence-corrected chi connectivity index (χ1v) is 9.34. The molecule has 2 aliphatic rings. The average molecular weight is 301 g/mol. The topological polar surface area (TPSA) is 19.4 Å². The van der Waals surface area contributed by atoms with Crippen molar-refractivity contribution in [1.29, 1.82) is 0 Å². The molecule has 3 heterocycles. The summed E-state index contributed by atoms with van der Waals surface area (Å²) in [5, 5.41) is 0. The predicted molar refractivity (Wildman–Crippen MR) is 93.4 cm³/mol. The summed E-state index contributed by atoms with van der Waals surface area (Å²) in [5.41, 5.74) is 1.48. The summed E-state index contributed by atoms with van der Waals surface area (Å²) in [6, 6.07) is 5.06. The summed E-state index contributed by atoms with van der Waals surface area (Å²) < 4.78 is 0. The number of hydrogen-bond donors (Lipinski definition) is 0. The maximum atomic E-state index is 4.81. The van der Waals surface area contributed by atoms with E-state index in [0.717, 1.165) is 0 Å². The zero-order valence-electron chi connectivity index (χ0n) is 14.1. The van der Waals surface area contributed by atoms with Gasteiger partial charge in [-0.3, -0.25) is 4.90 Å². The molecule has 0 bridgehead atoms. The molecule has 1 aromatic rings. The Bertz CT molecular complexity index is 450. The Kier molecular flexibility index (Phi) is 5.71. The van der Waals surface area contributed by atoms with Crippen LogP contribution in [0.4, 0.5) is 5.82 Å². The number of aromatic nitrogens is 1. The Morgan fingerprint density at radius 2 is 1.82 bits per heavy atom. The third-order valence-electron chi connectivity index (χ3n) is 5.21. The highest BCUT2D eigenvalue weighted by atomic mass is 15.2. The van der Waals surface area contributed by atoms with Crippen LogP contribution in [-0.4, -0.2) is 36.1 Å². The van der Waals surface area contributed by atoms with E-state index in [1.54, 1.807) is 0 Å². The fraction of sp³-hybridized carbons (Fsp3) is 0.737. The zero-order valence-corrected chi connectivity index (χ0v) is 14.1. The number of pyridine rings is 1. The Morgan fingerprint density at radius 3 is 2.59 bits per heavy atom. The van der Waals surface area contributed by atoms with Crippen LogP contribution in [0.5, 0.6) is 0 Å². The molecule has 122 valence electrons. The van der Waals surface area contributed by atoms with E-state index in [2.05, 4.69) is 28.9 Å². The molecular formula is C19H31N3. The zero-order chi connectivity index (χ0) is 15.2. The van der Waals surface area contributed by atoms with E-state index in [1.807, 2.05) is 6.20 Å². The molecule has 0 N–H and O–H groups in total. The minimum absolute atomic E-state index is 0.584. The lowest BCUT2D eigenvalue weighted by Gasteiger charge is -2.37. The lowest BCUT2D eigenvalue weighted by molar-refractivity contribution is 0.149. The monoisotopic (exact) mass is 301 g/mol. The van der Waals surface area contributed by atoms with E-state index >= 15 is 0 Å². The van der Waals surface area contributed by atoms with E-state index in [1.165, 1.54) is 88.9 Å². The normalized spacial score (nSPS) is 24.2. The third-order valence-corrected chi connectivity index (χ3v) is 5.21. The van der Waals surface area contributed by atoms with Gasteiger partial charge in [0.25, 0.3) is 0 Å². The highest BCUT2D eigenvalue weighted by Crippen LogP contribution is 2.36. The molecule has 1 aromatic heterocycles. The van der Waals surface area contributed by atoms with Gasteiger partial charge in [-0.25, -0.2) is 4.98 Å². The SMILES string of the molecule is CCCN1CCCC[C@H]1c1cccnc1N1CCCCCC1. The average Bonchev–Trinajstić information content (AvgIpc) is 2.85. The Balaban J connectivity index is 1.85. The second kappa shape index (κ2) is 7.96. The summed E-state index contributed by atoms with van der Waals surface area (Å²) in [6.07, 6.45) is 12.6. The molecule has 0 saturated carbocycles. The van der Waals surface area contributed by atoms with Crippen molar-refractivity contribution < 1.29 is 0 Å². The van der Waals surface area contributed by atoms with Gasteiger partial charge in [0.2, 0.25) is 0 Å². The number of rotatable bonds is 4. The van der Waals surface area contributed by atoms with Gasteiger partial charge in [-0.05, 0) is 51.3 Å². The third kappa shape index (κ3) is 3.62. The summed E-state index contributed by atoms with van der Waals surface area (Å²) in [6.45, 7) is 7.14. The highest BCUT2D eigenvalue weighted by Gasteiger charge is 2.27. The van der Waals surface area contributed by atoms with Crippen LogP contribution in [0.15, 0.2) is 18.3 Å². The maximum Gasteiger partial charge on any atom is 0.133 e. The molecule has 3 rings (SSSR count). The van der Waals surface area contributed by atoms with Crippen LogP contribution in [0.3, 0.4) is 0 Å². The van der Waals surface area contributed by atoms with Crippen LogP contribution in [0, 0.1) is 0 Å². The summed E-state index contributed by atoms with van der Waals surface area (Å²) in [5.74, 6) is 1.28. The van der Waals surface area contributed by atoms with Gasteiger partial charge in [0.1, 0.15) is 5.82 Å². The Hall–Kier alpha value is -1.09. The van der Waals surface area contributed by atoms with Crippen molar-refractivity contribution >= 4 is 5.82 Å². The molecule has 1 atom stereocenters.